The van der Waals surface area contributed by atoms with Crippen LogP contribution in [0.2, 0.25) is 5.02 Å². The molecule has 0 fully saturated rings. The van der Waals surface area contributed by atoms with Crippen molar-refractivity contribution in [1.29, 1.82) is 0 Å². The Balaban J connectivity index is 3.22. The van der Waals surface area contributed by atoms with Gasteiger partial charge in [0.05, 0.1) is 17.0 Å². The topological polar surface area (TPSA) is 46.2 Å². The van der Waals surface area contributed by atoms with Gasteiger partial charge in [0.2, 0.25) is 10.0 Å². The number of hydrogen-bond acceptors (Lipinski definition) is 2. The van der Waals surface area contributed by atoms with E-state index >= 15 is 0 Å². The van der Waals surface area contributed by atoms with E-state index in [4.69, 9.17) is 11.6 Å². The molecule has 0 aliphatic rings. The second-order valence-corrected chi connectivity index (χ2v) is 6.03. The van der Waals surface area contributed by atoms with Crippen molar-refractivity contribution in [2.45, 2.75) is 6.92 Å². The number of benzene rings is 1. The lowest BCUT2D eigenvalue weighted by atomic mass is 10.2. The average Bonchev–Trinajstić information content (AvgIpc) is 1.95. The molecule has 3 nitrogen and oxygen atoms in total. The van der Waals surface area contributed by atoms with Gasteiger partial charge in [0.15, 0.2) is 0 Å². The van der Waals surface area contributed by atoms with Crippen molar-refractivity contribution in [1.82, 2.24) is 0 Å². The first-order valence-corrected chi connectivity index (χ1v) is 6.79. The van der Waals surface area contributed by atoms with Gasteiger partial charge < -0.3 is 0 Å². The van der Waals surface area contributed by atoms with Gasteiger partial charge in [0.25, 0.3) is 0 Å². The number of hydrogen-bond donors (Lipinski definition) is 1. The highest BCUT2D eigenvalue weighted by molar-refractivity contribution is 9.10. The Labute approximate surface area is 96.6 Å². The molecular formula is C8H9BrClNO2S. The van der Waals surface area contributed by atoms with Crippen LogP contribution in [0.1, 0.15) is 5.56 Å². The van der Waals surface area contributed by atoms with Gasteiger partial charge in [-0.2, -0.15) is 0 Å². The quantitative estimate of drug-likeness (QED) is 0.912. The first-order chi connectivity index (χ1) is 6.29. The van der Waals surface area contributed by atoms with Gasteiger partial charge in [-0.1, -0.05) is 27.5 Å². The van der Waals surface area contributed by atoms with Gasteiger partial charge in [-0.15, -0.1) is 0 Å². The summed E-state index contributed by atoms with van der Waals surface area (Å²) in [6, 6.07) is 3.43. The highest BCUT2D eigenvalue weighted by atomic mass is 79.9. The Hall–Kier alpha value is -0.260. The van der Waals surface area contributed by atoms with Crippen LogP contribution in [0.15, 0.2) is 16.6 Å². The van der Waals surface area contributed by atoms with E-state index in [-0.39, 0.29) is 0 Å². The van der Waals surface area contributed by atoms with Crippen molar-refractivity contribution < 1.29 is 8.42 Å². The minimum atomic E-state index is -3.28. The molecule has 0 aliphatic heterocycles. The summed E-state index contributed by atoms with van der Waals surface area (Å²) in [6.45, 7) is 1.78. The Kier molecular flexibility index (Phi) is 3.44. The summed E-state index contributed by atoms with van der Waals surface area (Å²) in [6.07, 6.45) is 1.09. The van der Waals surface area contributed by atoms with Crippen LogP contribution < -0.4 is 4.72 Å². The zero-order valence-electron chi connectivity index (χ0n) is 7.64. The van der Waals surface area contributed by atoms with Gasteiger partial charge in [-0.05, 0) is 24.6 Å². The first kappa shape index (κ1) is 11.8. The Morgan fingerprint density at radius 1 is 1.43 bits per heavy atom. The fourth-order valence-electron chi connectivity index (χ4n) is 1.02. The SMILES string of the molecule is Cc1cc(Br)cc(Cl)c1NS(C)(=O)=O. The number of rotatable bonds is 2. The third kappa shape index (κ3) is 3.15. The normalized spacial score (nSPS) is 11.4. The molecule has 6 heteroatoms. The Morgan fingerprint density at radius 3 is 2.43 bits per heavy atom. The maximum Gasteiger partial charge on any atom is 0.229 e. The molecule has 1 aromatic rings. The van der Waals surface area contributed by atoms with Crippen LogP contribution in [0.5, 0.6) is 0 Å². The fourth-order valence-corrected chi connectivity index (χ4v) is 2.73. The van der Waals surface area contributed by atoms with Crippen molar-refractivity contribution in [3.63, 3.8) is 0 Å². The standard InChI is InChI=1S/C8H9BrClNO2S/c1-5-3-6(9)4-7(10)8(5)11-14(2,12)13/h3-4,11H,1-2H3. The number of anilines is 1. The smallest absolute Gasteiger partial charge is 0.229 e. The molecule has 0 aliphatic carbocycles. The van der Waals surface area contributed by atoms with Crippen LogP contribution in [0.4, 0.5) is 5.69 Å². The molecule has 0 atom stereocenters. The average molecular weight is 299 g/mol. The van der Waals surface area contributed by atoms with E-state index in [1.807, 2.05) is 0 Å². The van der Waals surface area contributed by atoms with Crippen LogP contribution in [-0.2, 0) is 10.0 Å². The van der Waals surface area contributed by atoms with E-state index in [9.17, 15) is 8.42 Å². The molecule has 0 radical (unpaired) electrons. The van der Waals surface area contributed by atoms with E-state index < -0.39 is 10.0 Å². The summed E-state index contributed by atoms with van der Waals surface area (Å²) in [5.41, 5.74) is 1.20. The largest absolute Gasteiger partial charge is 0.282 e. The third-order valence-electron chi connectivity index (χ3n) is 1.54. The van der Waals surface area contributed by atoms with E-state index in [2.05, 4.69) is 20.7 Å². The van der Waals surface area contributed by atoms with Crippen LogP contribution in [0.3, 0.4) is 0 Å². The zero-order valence-corrected chi connectivity index (χ0v) is 10.8. The Bertz CT molecular complexity index is 435. The highest BCUT2D eigenvalue weighted by Crippen LogP contribution is 2.30. The van der Waals surface area contributed by atoms with Crippen LogP contribution >= 0.6 is 27.5 Å². The molecule has 0 saturated heterocycles. The fraction of sp³-hybridized carbons (Fsp3) is 0.250. The highest BCUT2D eigenvalue weighted by Gasteiger charge is 2.09. The van der Waals surface area contributed by atoms with Gasteiger partial charge in [0.1, 0.15) is 0 Å². The maximum atomic E-state index is 11.0. The van der Waals surface area contributed by atoms with Crippen molar-refractivity contribution in [3.8, 4) is 0 Å². The van der Waals surface area contributed by atoms with Gasteiger partial charge >= 0.3 is 0 Å². The minimum absolute atomic E-state index is 0.377. The molecule has 14 heavy (non-hydrogen) atoms. The molecule has 1 aromatic carbocycles. The van der Waals surface area contributed by atoms with Crippen LogP contribution in [0, 0.1) is 6.92 Å². The molecule has 0 heterocycles. The third-order valence-corrected chi connectivity index (χ3v) is 2.87. The lowest BCUT2D eigenvalue weighted by Gasteiger charge is -2.09. The maximum absolute atomic E-state index is 11.0. The molecule has 0 aromatic heterocycles. The lowest BCUT2D eigenvalue weighted by Crippen LogP contribution is -2.11. The first-order valence-electron chi connectivity index (χ1n) is 3.73. The van der Waals surface area contributed by atoms with Crippen LogP contribution in [-0.4, -0.2) is 14.7 Å². The van der Waals surface area contributed by atoms with Crippen LogP contribution in [0.25, 0.3) is 0 Å². The minimum Gasteiger partial charge on any atom is -0.282 e. The van der Waals surface area contributed by atoms with Crippen molar-refractivity contribution in [2.24, 2.45) is 0 Å². The zero-order chi connectivity index (χ0) is 10.9. The lowest BCUT2D eigenvalue weighted by molar-refractivity contribution is 0.607. The Morgan fingerprint density at radius 2 is 2.00 bits per heavy atom. The summed E-state index contributed by atoms with van der Waals surface area (Å²) in [5, 5.41) is 0.377. The molecule has 0 amide bonds. The van der Waals surface area contributed by atoms with Crippen molar-refractivity contribution >= 4 is 43.2 Å². The van der Waals surface area contributed by atoms with Crippen molar-refractivity contribution in [2.75, 3.05) is 11.0 Å². The summed E-state index contributed by atoms with van der Waals surface area (Å²) in [4.78, 5) is 0. The van der Waals surface area contributed by atoms with Crippen molar-refractivity contribution in [3.05, 3.63) is 27.2 Å². The molecule has 1 rings (SSSR count). The molecular weight excluding hydrogens is 290 g/mol. The summed E-state index contributed by atoms with van der Waals surface area (Å²) < 4.78 is 25.2. The van der Waals surface area contributed by atoms with E-state index in [1.165, 1.54) is 0 Å². The van der Waals surface area contributed by atoms with E-state index in [0.717, 1.165) is 16.3 Å². The molecule has 0 bridgehead atoms. The molecule has 0 unspecified atom stereocenters. The second-order valence-electron chi connectivity index (χ2n) is 2.95. The summed E-state index contributed by atoms with van der Waals surface area (Å²) >= 11 is 9.15. The monoisotopic (exact) mass is 297 g/mol. The molecule has 0 saturated carbocycles. The molecule has 78 valence electrons. The molecule has 1 N–H and O–H groups in total. The number of halogens is 2. The van der Waals surface area contributed by atoms with Gasteiger partial charge in [-0.3, -0.25) is 4.72 Å². The number of aryl methyl sites for hydroxylation is 1. The van der Waals surface area contributed by atoms with Gasteiger partial charge in [0, 0.05) is 4.47 Å². The van der Waals surface area contributed by atoms with E-state index in [1.54, 1.807) is 19.1 Å². The number of sulfonamides is 1. The van der Waals surface area contributed by atoms with Gasteiger partial charge in [-0.25, -0.2) is 8.42 Å². The number of nitrogens with one attached hydrogen (secondary N) is 1. The van der Waals surface area contributed by atoms with E-state index in [0.29, 0.717) is 10.7 Å². The second kappa shape index (κ2) is 4.08. The summed E-state index contributed by atoms with van der Waals surface area (Å²) in [7, 11) is -3.28. The predicted octanol–water partition coefficient (Wildman–Crippen LogP) is 2.78. The summed E-state index contributed by atoms with van der Waals surface area (Å²) in [5.74, 6) is 0. The molecule has 0 spiro atoms. The predicted molar refractivity (Wildman–Crippen MR) is 62.4 cm³/mol.